The number of amides is 3. The minimum Gasteiger partial charge on any atom is -0.480 e. The highest BCUT2D eigenvalue weighted by molar-refractivity contribution is 6.34. The second-order valence-corrected chi connectivity index (χ2v) is 5.95. The lowest BCUT2D eigenvalue weighted by Crippen LogP contribution is -2.41. The molecular weight excluding hydrogens is 336 g/mol. The minimum atomic E-state index is -1.13. The van der Waals surface area contributed by atoms with Crippen LogP contribution in [0.25, 0.3) is 0 Å². The van der Waals surface area contributed by atoms with Crippen LogP contribution in [0.1, 0.15) is 33.2 Å². The van der Waals surface area contributed by atoms with Crippen LogP contribution >= 0.6 is 0 Å². The summed E-state index contributed by atoms with van der Waals surface area (Å²) in [5.41, 5.74) is 1.79. The number of aliphatic carboxylic acids is 1. The van der Waals surface area contributed by atoms with Crippen LogP contribution in [0.2, 0.25) is 0 Å². The van der Waals surface area contributed by atoms with E-state index in [1.54, 1.807) is 48.5 Å². The summed E-state index contributed by atoms with van der Waals surface area (Å²) in [6.45, 7) is 1.25. The Morgan fingerprint density at radius 2 is 1.54 bits per heavy atom. The van der Waals surface area contributed by atoms with Crippen molar-refractivity contribution >= 4 is 29.4 Å². The molecule has 2 aromatic carbocycles. The van der Waals surface area contributed by atoms with Crippen LogP contribution in [-0.4, -0.2) is 34.8 Å². The predicted octanol–water partition coefficient (Wildman–Crippen LogP) is 1.62. The number of fused-ring (bicyclic) bond motifs is 1. The SMILES string of the molecule is CC(=O)NC(Cc1ccc(N2C(=O)c3ccccc3C2=O)cc1)C(=O)O. The smallest absolute Gasteiger partial charge is 0.326 e. The average molecular weight is 352 g/mol. The fourth-order valence-electron chi connectivity index (χ4n) is 2.89. The maximum atomic E-state index is 12.5. The third-order valence-electron chi connectivity index (χ3n) is 4.10. The number of carboxylic acid groups (broad SMARTS) is 1. The molecule has 0 radical (unpaired) electrons. The molecule has 3 amide bonds. The first-order valence-corrected chi connectivity index (χ1v) is 7.95. The second-order valence-electron chi connectivity index (χ2n) is 5.95. The molecule has 0 fully saturated rings. The van der Waals surface area contributed by atoms with E-state index < -0.39 is 17.9 Å². The molecule has 26 heavy (non-hydrogen) atoms. The molecule has 3 rings (SSSR count). The van der Waals surface area contributed by atoms with Crippen molar-refractivity contribution in [2.45, 2.75) is 19.4 Å². The zero-order valence-corrected chi connectivity index (χ0v) is 13.9. The first-order chi connectivity index (χ1) is 12.4. The number of carbonyl (C=O) groups excluding carboxylic acids is 3. The average Bonchev–Trinajstić information content (AvgIpc) is 2.86. The molecule has 0 saturated heterocycles. The molecule has 1 aliphatic rings. The molecule has 7 heteroatoms. The number of carbonyl (C=O) groups is 4. The van der Waals surface area contributed by atoms with Gasteiger partial charge in [-0.15, -0.1) is 0 Å². The number of hydrogen-bond acceptors (Lipinski definition) is 4. The lowest BCUT2D eigenvalue weighted by Gasteiger charge is -2.16. The fraction of sp³-hybridized carbons (Fsp3) is 0.158. The topological polar surface area (TPSA) is 104 Å². The van der Waals surface area contributed by atoms with Crippen LogP contribution in [0.15, 0.2) is 48.5 Å². The summed E-state index contributed by atoms with van der Waals surface area (Å²) in [4.78, 5) is 48.3. The van der Waals surface area contributed by atoms with Crippen LogP contribution in [0.4, 0.5) is 5.69 Å². The van der Waals surface area contributed by atoms with E-state index in [0.29, 0.717) is 22.4 Å². The summed E-state index contributed by atoms with van der Waals surface area (Å²) in [5, 5.41) is 11.5. The summed E-state index contributed by atoms with van der Waals surface area (Å²) in [6, 6.07) is 12.0. The fourth-order valence-corrected chi connectivity index (χ4v) is 2.89. The Balaban J connectivity index is 1.80. The Morgan fingerprint density at radius 3 is 2.00 bits per heavy atom. The van der Waals surface area contributed by atoms with Gasteiger partial charge in [0.05, 0.1) is 16.8 Å². The molecule has 7 nitrogen and oxygen atoms in total. The maximum absolute atomic E-state index is 12.5. The van der Waals surface area contributed by atoms with E-state index in [2.05, 4.69) is 5.32 Å². The first kappa shape index (κ1) is 17.3. The summed E-state index contributed by atoms with van der Waals surface area (Å²) in [5.74, 6) is -2.34. The van der Waals surface area contributed by atoms with Gasteiger partial charge < -0.3 is 10.4 Å². The molecule has 0 aliphatic carbocycles. The van der Waals surface area contributed by atoms with Crippen molar-refractivity contribution < 1.29 is 24.3 Å². The van der Waals surface area contributed by atoms with Gasteiger partial charge in [-0.3, -0.25) is 14.4 Å². The lowest BCUT2D eigenvalue weighted by molar-refractivity contribution is -0.141. The summed E-state index contributed by atoms with van der Waals surface area (Å²) < 4.78 is 0. The van der Waals surface area contributed by atoms with Gasteiger partial charge in [-0.2, -0.15) is 0 Å². The number of rotatable bonds is 5. The minimum absolute atomic E-state index is 0.0946. The molecule has 2 aromatic rings. The molecule has 0 aromatic heterocycles. The molecular formula is C19H16N2O5. The third-order valence-corrected chi connectivity index (χ3v) is 4.10. The van der Waals surface area contributed by atoms with Gasteiger partial charge in [0.2, 0.25) is 5.91 Å². The van der Waals surface area contributed by atoms with Crippen molar-refractivity contribution in [2.24, 2.45) is 0 Å². The monoisotopic (exact) mass is 352 g/mol. The van der Waals surface area contributed by atoms with Crippen LogP contribution in [0.5, 0.6) is 0 Å². The molecule has 1 aliphatic heterocycles. The number of nitrogens with one attached hydrogen (secondary N) is 1. The van der Waals surface area contributed by atoms with E-state index >= 15 is 0 Å². The van der Waals surface area contributed by atoms with Crippen LogP contribution in [0.3, 0.4) is 0 Å². The summed E-state index contributed by atoms with van der Waals surface area (Å²) in [7, 11) is 0. The van der Waals surface area contributed by atoms with Crippen molar-refractivity contribution in [1.29, 1.82) is 0 Å². The van der Waals surface area contributed by atoms with Gasteiger partial charge in [0.25, 0.3) is 11.8 Å². The van der Waals surface area contributed by atoms with E-state index in [1.165, 1.54) is 6.92 Å². The lowest BCUT2D eigenvalue weighted by atomic mass is 10.1. The Morgan fingerprint density at radius 1 is 1.00 bits per heavy atom. The van der Waals surface area contributed by atoms with Crippen molar-refractivity contribution in [3.8, 4) is 0 Å². The second kappa shape index (κ2) is 6.79. The third kappa shape index (κ3) is 3.19. The largest absolute Gasteiger partial charge is 0.480 e. The maximum Gasteiger partial charge on any atom is 0.326 e. The van der Waals surface area contributed by atoms with Crippen molar-refractivity contribution in [2.75, 3.05) is 4.90 Å². The quantitative estimate of drug-likeness (QED) is 0.796. The van der Waals surface area contributed by atoms with Gasteiger partial charge in [0, 0.05) is 13.3 Å². The van der Waals surface area contributed by atoms with Crippen LogP contribution < -0.4 is 10.2 Å². The molecule has 0 saturated carbocycles. The number of hydrogen-bond donors (Lipinski definition) is 2. The highest BCUT2D eigenvalue weighted by Gasteiger charge is 2.36. The normalized spacial score (nSPS) is 14.1. The zero-order chi connectivity index (χ0) is 18.8. The van der Waals surface area contributed by atoms with Crippen molar-refractivity contribution in [3.05, 3.63) is 65.2 Å². The van der Waals surface area contributed by atoms with Crippen LogP contribution in [-0.2, 0) is 16.0 Å². The number of nitrogens with zero attached hydrogens (tertiary/aromatic N) is 1. The van der Waals surface area contributed by atoms with E-state index in [-0.39, 0.29) is 18.2 Å². The molecule has 2 N–H and O–H groups in total. The molecule has 0 bridgehead atoms. The summed E-state index contributed by atoms with van der Waals surface area (Å²) >= 11 is 0. The molecule has 0 spiro atoms. The van der Waals surface area contributed by atoms with Crippen LogP contribution in [0, 0.1) is 0 Å². The predicted molar refractivity (Wildman–Crippen MR) is 93.0 cm³/mol. The zero-order valence-electron chi connectivity index (χ0n) is 13.9. The van der Waals surface area contributed by atoms with Crippen molar-refractivity contribution in [3.63, 3.8) is 0 Å². The number of anilines is 1. The number of imide groups is 1. The van der Waals surface area contributed by atoms with E-state index in [4.69, 9.17) is 5.11 Å². The highest BCUT2D eigenvalue weighted by Crippen LogP contribution is 2.28. The van der Waals surface area contributed by atoms with Gasteiger partial charge in [-0.1, -0.05) is 24.3 Å². The van der Waals surface area contributed by atoms with Gasteiger partial charge in [-0.25, -0.2) is 9.69 Å². The Bertz CT molecular complexity index is 869. The number of carboxylic acids is 1. The van der Waals surface area contributed by atoms with Gasteiger partial charge in [0.1, 0.15) is 6.04 Å². The molecule has 1 heterocycles. The van der Waals surface area contributed by atoms with E-state index in [9.17, 15) is 19.2 Å². The molecule has 1 unspecified atom stereocenters. The Hall–Kier alpha value is -3.48. The standard InChI is InChI=1S/C19H16N2O5/c1-11(22)20-16(19(25)26)10-12-6-8-13(9-7-12)21-17(23)14-4-2-3-5-15(14)18(21)24/h2-9,16H,10H2,1H3,(H,20,22)(H,25,26). The Labute approximate surface area is 149 Å². The molecule has 1 atom stereocenters. The van der Waals surface area contributed by atoms with Gasteiger partial charge in [-0.05, 0) is 29.8 Å². The summed E-state index contributed by atoms with van der Waals surface area (Å²) in [6.07, 6.45) is 0.0946. The van der Waals surface area contributed by atoms with Gasteiger partial charge >= 0.3 is 5.97 Å². The van der Waals surface area contributed by atoms with Crippen molar-refractivity contribution in [1.82, 2.24) is 5.32 Å². The van der Waals surface area contributed by atoms with E-state index in [1.807, 2.05) is 0 Å². The Kier molecular flexibility index (Phi) is 4.53. The molecule has 132 valence electrons. The van der Waals surface area contributed by atoms with Gasteiger partial charge in [0.15, 0.2) is 0 Å². The highest BCUT2D eigenvalue weighted by atomic mass is 16.4. The number of benzene rings is 2. The van der Waals surface area contributed by atoms with E-state index in [0.717, 1.165) is 4.90 Å². The first-order valence-electron chi connectivity index (χ1n) is 7.95.